The fourth-order valence-electron chi connectivity index (χ4n) is 4.24. The van der Waals surface area contributed by atoms with Gasteiger partial charge in [-0.1, -0.05) is 29.4 Å². The van der Waals surface area contributed by atoms with E-state index in [0.717, 1.165) is 29.7 Å². The van der Waals surface area contributed by atoms with E-state index in [2.05, 4.69) is 20.8 Å². The zero-order chi connectivity index (χ0) is 27.4. The van der Waals surface area contributed by atoms with Crippen LogP contribution in [0.1, 0.15) is 50.5 Å². The molecule has 0 saturated heterocycles. The summed E-state index contributed by atoms with van der Waals surface area (Å²) >= 11 is 8.83. The fourth-order valence-corrected chi connectivity index (χ4v) is 6.49. The summed E-state index contributed by atoms with van der Waals surface area (Å²) in [5, 5.41) is 15.6. The van der Waals surface area contributed by atoms with Crippen molar-refractivity contribution in [3.8, 4) is 5.69 Å². The van der Waals surface area contributed by atoms with Crippen LogP contribution in [0.2, 0.25) is 5.02 Å². The van der Waals surface area contributed by atoms with Crippen molar-refractivity contribution in [1.29, 1.82) is 0 Å². The van der Waals surface area contributed by atoms with Crippen LogP contribution >= 0.6 is 34.7 Å². The number of thiophene rings is 1. The molecule has 0 unspecified atom stereocenters. The van der Waals surface area contributed by atoms with Gasteiger partial charge in [0.15, 0.2) is 16.7 Å². The minimum atomic E-state index is -0.415. The van der Waals surface area contributed by atoms with Gasteiger partial charge in [0.2, 0.25) is 5.91 Å². The second kappa shape index (κ2) is 12.1. The van der Waals surface area contributed by atoms with E-state index in [0.29, 0.717) is 32.3 Å². The summed E-state index contributed by atoms with van der Waals surface area (Å²) in [6.45, 7) is 2.08. The Bertz CT molecular complexity index is 1510. The highest BCUT2D eigenvalue weighted by molar-refractivity contribution is 7.99. The monoisotopic (exact) mass is 585 g/mol. The van der Waals surface area contributed by atoms with Crippen LogP contribution in [0.4, 0.5) is 5.00 Å². The molecule has 3 heterocycles. The number of fused-ring (bicyclic) bond motifs is 1. The summed E-state index contributed by atoms with van der Waals surface area (Å²) in [7, 11) is 0. The molecule has 1 aliphatic rings. The quantitative estimate of drug-likeness (QED) is 0.199. The van der Waals surface area contributed by atoms with Gasteiger partial charge in [-0.3, -0.25) is 14.2 Å². The van der Waals surface area contributed by atoms with Gasteiger partial charge in [-0.05, 0) is 62.1 Å². The Hall–Kier alpha value is -3.61. The van der Waals surface area contributed by atoms with Gasteiger partial charge in [-0.15, -0.1) is 21.5 Å². The second-order valence-corrected chi connectivity index (χ2v) is 11.0. The minimum Gasteiger partial charge on any atom is -0.462 e. The van der Waals surface area contributed by atoms with Crippen LogP contribution in [0.3, 0.4) is 0 Å². The normalized spacial score (nSPS) is 12.3. The summed E-state index contributed by atoms with van der Waals surface area (Å²) in [5.41, 5.74) is 2.12. The standard InChI is InChI=1S/C26H24ClN5O5S2/c1-2-36-25(35)22-17-8-4-10-19(17)39-24(22)29-21(33)14-38-26-31-30-20(13-28-23(34)18-9-5-11-37-18)32(26)16-7-3-6-15(27)12-16/h3,5-7,9,11-12H,2,4,8,10,13-14H2,1H3,(H,28,34)(H,29,33). The largest absolute Gasteiger partial charge is 0.462 e. The van der Waals surface area contributed by atoms with Crippen molar-refractivity contribution >= 4 is 57.5 Å². The van der Waals surface area contributed by atoms with Crippen LogP contribution in [0, 0.1) is 0 Å². The zero-order valence-corrected chi connectivity index (χ0v) is 23.3. The third-order valence-corrected chi connectivity index (χ3v) is 8.28. The van der Waals surface area contributed by atoms with Crippen LogP contribution in [0.15, 0.2) is 52.2 Å². The molecule has 10 nitrogen and oxygen atoms in total. The smallest absolute Gasteiger partial charge is 0.341 e. The summed E-state index contributed by atoms with van der Waals surface area (Å²) in [4.78, 5) is 39.1. The average molecular weight is 586 g/mol. The molecule has 202 valence electrons. The van der Waals surface area contributed by atoms with Gasteiger partial charge in [0.25, 0.3) is 5.91 Å². The van der Waals surface area contributed by atoms with Crippen molar-refractivity contribution in [1.82, 2.24) is 20.1 Å². The fraction of sp³-hybridized carbons (Fsp3) is 0.269. The Labute approximate surface area is 237 Å². The van der Waals surface area contributed by atoms with Gasteiger partial charge >= 0.3 is 5.97 Å². The van der Waals surface area contributed by atoms with Crippen molar-refractivity contribution in [2.75, 3.05) is 17.7 Å². The van der Waals surface area contributed by atoms with Crippen molar-refractivity contribution < 1.29 is 23.5 Å². The van der Waals surface area contributed by atoms with E-state index in [1.807, 2.05) is 6.07 Å². The molecule has 1 aromatic carbocycles. The number of esters is 1. The molecular formula is C26H24ClN5O5S2. The molecule has 4 aromatic rings. The number of thioether (sulfide) groups is 1. The molecule has 2 N–H and O–H groups in total. The molecule has 1 aliphatic carbocycles. The maximum atomic E-state index is 13.0. The molecule has 0 spiro atoms. The van der Waals surface area contributed by atoms with Crippen molar-refractivity contribution in [2.45, 2.75) is 37.9 Å². The van der Waals surface area contributed by atoms with Gasteiger partial charge in [0, 0.05) is 9.90 Å². The zero-order valence-electron chi connectivity index (χ0n) is 20.9. The predicted octanol–water partition coefficient (Wildman–Crippen LogP) is 4.90. The number of nitrogens with zero attached hydrogens (tertiary/aromatic N) is 3. The summed E-state index contributed by atoms with van der Waals surface area (Å²) < 4.78 is 12.1. The maximum absolute atomic E-state index is 13.0. The first-order valence-corrected chi connectivity index (χ1v) is 14.4. The number of hydrogen-bond donors (Lipinski definition) is 2. The number of amides is 2. The molecule has 2 amide bonds. The average Bonchev–Trinajstić information content (AvgIpc) is 3.71. The first kappa shape index (κ1) is 27.0. The van der Waals surface area contributed by atoms with Gasteiger partial charge in [-0.25, -0.2) is 4.79 Å². The topological polar surface area (TPSA) is 128 Å². The Morgan fingerprint density at radius 3 is 2.85 bits per heavy atom. The van der Waals surface area contributed by atoms with Crippen molar-refractivity contribution in [2.24, 2.45) is 0 Å². The van der Waals surface area contributed by atoms with Crippen LogP contribution in [-0.2, 0) is 28.9 Å². The number of anilines is 1. The van der Waals surface area contributed by atoms with E-state index in [4.69, 9.17) is 20.8 Å². The third kappa shape index (κ3) is 6.02. The number of ether oxygens (including phenoxy) is 1. The molecule has 39 heavy (non-hydrogen) atoms. The highest BCUT2D eigenvalue weighted by atomic mass is 35.5. The molecule has 0 radical (unpaired) electrons. The first-order valence-electron chi connectivity index (χ1n) is 12.2. The molecule has 0 saturated carbocycles. The second-order valence-electron chi connectivity index (χ2n) is 8.49. The summed E-state index contributed by atoms with van der Waals surface area (Å²) in [6.07, 6.45) is 4.09. The van der Waals surface area contributed by atoms with E-state index in [-0.39, 0.29) is 30.6 Å². The number of furan rings is 1. The molecule has 0 aliphatic heterocycles. The van der Waals surface area contributed by atoms with Crippen LogP contribution in [0.25, 0.3) is 5.69 Å². The van der Waals surface area contributed by atoms with Gasteiger partial charge in [-0.2, -0.15) is 0 Å². The molecule has 5 rings (SSSR count). The first-order chi connectivity index (χ1) is 18.9. The van der Waals surface area contributed by atoms with Gasteiger partial charge in [0.05, 0.1) is 36.4 Å². The number of carbonyl (C=O) groups excluding carboxylic acids is 3. The number of aryl methyl sites for hydroxylation is 1. The van der Waals surface area contributed by atoms with Crippen LogP contribution < -0.4 is 10.6 Å². The van der Waals surface area contributed by atoms with E-state index in [1.54, 1.807) is 41.8 Å². The molecule has 0 fully saturated rings. The maximum Gasteiger partial charge on any atom is 0.341 e. The number of rotatable bonds is 10. The number of benzene rings is 1. The SMILES string of the molecule is CCOC(=O)c1c(NC(=O)CSc2nnc(CNC(=O)c3ccco3)n2-c2cccc(Cl)c2)sc2c1CCC2. The Morgan fingerprint density at radius 1 is 1.21 bits per heavy atom. The van der Waals surface area contributed by atoms with Crippen LogP contribution in [0.5, 0.6) is 0 Å². The lowest BCUT2D eigenvalue weighted by Gasteiger charge is -2.11. The predicted molar refractivity (Wildman–Crippen MR) is 148 cm³/mol. The number of hydrogen-bond acceptors (Lipinski definition) is 9. The Kier molecular flexibility index (Phi) is 8.34. The lowest BCUT2D eigenvalue weighted by Crippen LogP contribution is -2.24. The van der Waals surface area contributed by atoms with Crippen molar-refractivity contribution in [3.05, 3.63) is 75.3 Å². The molecule has 13 heteroatoms. The van der Waals surface area contributed by atoms with E-state index < -0.39 is 11.9 Å². The highest BCUT2D eigenvalue weighted by Gasteiger charge is 2.28. The minimum absolute atomic E-state index is 0.0162. The lowest BCUT2D eigenvalue weighted by molar-refractivity contribution is -0.113. The number of nitrogens with one attached hydrogen (secondary N) is 2. The van der Waals surface area contributed by atoms with Gasteiger partial charge in [0.1, 0.15) is 5.00 Å². The molecule has 0 bridgehead atoms. The van der Waals surface area contributed by atoms with E-state index in [1.165, 1.54) is 29.4 Å². The third-order valence-electron chi connectivity index (χ3n) is 5.90. The molecule has 0 atom stereocenters. The Morgan fingerprint density at radius 2 is 2.08 bits per heavy atom. The molecule has 3 aromatic heterocycles. The van der Waals surface area contributed by atoms with E-state index >= 15 is 0 Å². The van der Waals surface area contributed by atoms with Crippen LogP contribution in [-0.4, -0.2) is 44.9 Å². The highest BCUT2D eigenvalue weighted by Crippen LogP contribution is 2.39. The summed E-state index contributed by atoms with van der Waals surface area (Å²) in [6, 6.07) is 10.3. The van der Waals surface area contributed by atoms with Crippen molar-refractivity contribution in [3.63, 3.8) is 0 Å². The Balaban J connectivity index is 1.32. The lowest BCUT2D eigenvalue weighted by atomic mass is 10.1. The van der Waals surface area contributed by atoms with E-state index in [9.17, 15) is 14.4 Å². The number of carbonyl (C=O) groups is 3. The van der Waals surface area contributed by atoms with Gasteiger partial charge < -0.3 is 19.8 Å². The summed E-state index contributed by atoms with van der Waals surface area (Å²) in [5.74, 6) is -0.464. The number of halogens is 1. The number of aromatic nitrogens is 3. The molecular weight excluding hydrogens is 562 g/mol.